The number of thioether (sulfide) groups is 1. The van der Waals surface area contributed by atoms with Crippen molar-refractivity contribution in [3.8, 4) is 0 Å². The number of nitrogens with zero attached hydrogens (tertiary/aromatic N) is 1. The van der Waals surface area contributed by atoms with Gasteiger partial charge in [-0.2, -0.15) is 0 Å². The number of halogens is 2. The van der Waals surface area contributed by atoms with Crippen LogP contribution >= 0.6 is 35.0 Å². The Morgan fingerprint density at radius 3 is 2.39 bits per heavy atom. The van der Waals surface area contributed by atoms with Gasteiger partial charge in [-0.15, -0.1) is 11.8 Å². The van der Waals surface area contributed by atoms with Gasteiger partial charge in [-0.05, 0) is 42.0 Å². The van der Waals surface area contributed by atoms with E-state index in [0.29, 0.717) is 21.6 Å². The van der Waals surface area contributed by atoms with Crippen LogP contribution in [0.2, 0.25) is 10.0 Å². The van der Waals surface area contributed by atoms with E-state index in [4.69, 9.17) is 23.2 Å². The second kappa shape index (κ2) is 8.48. The van der Waals surface area contributed by atoms with Crippen molar-refractivity contribution in [2.45, 2.75) is 5.75 Å². The number of nitrogens with one attached hydrogen (secondary N) is 1. The molecule has 23 heavy (non-hydrogen) atoms. The fraction of sp³-hybridized carbons (Fsp3) is 0.235. The third-order valence-electron chi connectivity index (χ3n) is 3.15. The lowest BCUT2D eigenvalue weighted by Gasteiger charge is -2.13. The van der Waals surface area contributed by atoms with Crippen molar-refractivity contribution in [1.82, 2.24) is 0 Å². The smallest absolute Gasteiger partial charge is 0.234 e. The molecule has 0 saturated carbocycles. The monoisotopic (exact) mass is 368 g/mol. The SMILES string of the molecule is CN(C)c1ccc(NC(=O)CSCc2ccc(Cl)c(Cl)c2)cc1. The van der Waals surface area contributed by atoms with Crippen LogP contribution in [0.1, 0.15) is 5.56 Å². The minimum absolute atomic E-state index is 0.0207. The number of amides is 1. The summed E-state index contributed by atoms with van der Waals surface area (Å²) in [5.74, 6) is 1.08. The molecule has 0 saturated heterocycles. The van der Waals surface area contributed by atoms with Gasteiger partial charge in [0.05, 0.1) is 15.8 Å². The third kappa shape index (κ3) is 5.65. The highest BCUT2D eigenvalue weighted by Crippen LogP contribution is 2.24. The maximum atomic E-state index is 12.0. The van der Waals surface area contributed by atoms with Gasteiger partial charge in [0.2, 0.25) is 5.91 Å². The highest BCUT2D eigenvalue weighted by Gasteiger charge is 2.05. The van der Waals surface area contributed by atoms with Crippen LogP contribution in [-0.2, 0) is 10.5 Å². The zero-order chi connectivity index (χ0) is 16.8. The Bertz CT molecular complexity index is 675. The molecule has 0 unspecified atom stereocenters. The number of carbonyl (C=O) groups is 1. The fourth-order valence-electron chi connectivity index (χ4n) is 1.93. The largest absolute Gasteiger partial charge is 0.378 e. The second-order valence-electron chi connectivity index (χ2n) is 5.23. The molecule has 0 heterocycles. The molecular weight excluding hydrogens is 351 g/mol. The van der Waals surface area contributed by atoms with E-state index in [1.54, 1.807) is 6.07 Å². The van der Waals surface area contributed by atoms with E-state index in [-0.39, 0.29) is 5.91 Å². The number of hydrogen-bond donors (Lipinski definition) is 1. The lowest BCUT2D eigenvalue weighted by Crippen LogP contribution is -2.14. The highest BCUT2D eigenvalue weighted by atomic mass is 35.5. The second-order valence-corrected chi connectivity index (χ2v) is 7.03. The van der Waals surface area contributed by atoms with E-state index < -0.39 is 0 Å². The Morgan fingerprint density at radius 2 is 1.78 bits per heavy atom. The van der Waals surface area contributed by atoms with Crippen LogP contribution in [-0.4, -0.2) is 25.8 Å². The van der Waals surface area contributed by atoms with Crippen LogP contribution < -0.4 is 10.2 Å². The van der Waals surface area contributed by atoms with E-state index in [1.807, 2.05) is 55.4 Å². The lowest BCUT2D eigenvalue weighted by molar-refractivity contribution is -0.113. The van der Waals surface area contributed by atoms with Crippen LogP contribution in [0.5, 0.6) is 0 Å². The van der Waals surface area contributed by atoms with Gasteiger partial charge in [0.15, 0.2) is 0 Å². The van der Waals surface area contributed by atoms with E-state index in [1.165, 1.54) is 11.8 Å². The maximum absolute atomic E-state index is 12.0. The van der Waals surface area contributed by atoms with Crippen molar-refractivity contribution >= 4 is 52.2 Å². The summed E-state index contributed by atoms with van der Waals surface area (Å²) < 4.78 is 0. The normalized spacial score (nSPS) is 10.4. The van der Waals surface area contributed by atoms with E-state index >= 15 is 0 Å². The fourth-order valence-corrected chi connectivity index (χ4v) is 3.03. The molecule has 1 amide bonds. The van der Waals surface area contributed by atoms with Crippen LogP contribution in [0.15, 0.2) is 42.5 Å². The number of rotatable bonds is 6. The van der Waals surface area contributed by atoms with E-state index in [0.717, 1.165) is 16.9 Å². The Kier molecular flexibility index (Phi) is 6.63. The average Bonchev–Trinajstić information content (AvgIpc) is 2.51. The first-order valence-electron chi connectivity index (χ1n) is 7.04. The molecule has 6 heteroatoms. The van der Waals surface area contributed by atoms with Crippen LogP contribution in [0.25, 0.3) is 0 Å². The van der Waals surface area contributed by atoms with Gasteiger partial charge in [0.1, 0.15) is 0 Å². The molecule has 0 bridgehead atoms. The van der Waals surface area contributed by atoms with Crippen LogP contribution in [0.4, 0.5) is 11.4 Å². The molecule has 0 fully saturated rings. The average molecular weight is 369 g/mol. The minimum Gasteiger partial charge on any atom is -0.378 e. The molecular formula is C17H18Cl2N2OS. The summed E-state index contributed by atoms with van der Waals surface area (Å²) in [6, 6.07) is 13.3. The summed E-state index contributed by atoms with van der Waals surface area (Å²) >= 11 is 13.4. The van der Waals surface area contributed by atoms with Crippen molar-refractivity contribution in [3.05, 3.63) is 58.1 Å². The van der Waals surface area contributed by atoms with Crippen molar-refractivity contribution < 1.29 is 4.79 Å². The molecule has 1 N–H and O–H groups in total. The molecule has 0 spiro atoms. The molecule has 2 aromatic carbocycles. The first kappa shape index (κ1) is 18.0. The summed E-state index contributed by atoms with van der Waals surface area (Å²) in [5.41, 5.74) is 2.94. The quantitative estimate of drug-likeness (QED) is 0.784. The predicted molar refractivity (Wildman–Crippen MR) is 102 cm³/mol. The van der Waals surface area contributed by atoms with Gasteiger partial charge < -0.3 is 10.2 Å². The first-order chi connectivity index (χ1) is 11.0. The van der Waals surface area contributed by atoms with Gasteiger partial charge in [-0.1, -0.05) is 29.3 Å². The molecule has 0 aliphatic heterocycles. The van der Waals surface area contributed by atoms with Gasteiger partial charge in [-0.25, -0.2) is 0 Å². The highest BCUT2D eigenvalue weighted by molar-refractivity contribution is 7.99. The van der Waals surface area contributed by atoms with Crippen LogP contribution in [0, 0.1) is 0 Å². The van der Waals surface area contributed by atoms with Crippen molar-refractivity contribution in [3.63, 3.8) is 0 Å². The Balaban J connectivity index is 1.79. The van der Waals surface area contributed by atoms with Gasteiger partial charge in [-0.3, -0.25) is 4.79 Å². The molecule has 0 atom stereocenters. The number of benzene rings is 2. The zero-order valence-corrected chi connectivity index (χ0v) is 15.3. The van der Waals surface area contributed by atoms with Gasteiger partial charge in [0, 0.05) is 31.2 Å². The maximum Gasteiger partial charge on any atom is 0.234 e. The van der Waals surface area contributed by atoms with Gasteiger partial charge in [0.25, 0.3) is 0 Å². The molecule has 0 aromatic heterocycles. The molecule has 2 aromatic rings. The summed E-state index contributed by atoms with van der Waals surface area (Å²) in [5, 5.41) is 3.97. The van der Waals surface area contributed by atoms with Gasteiger partial charge >= 0.3 is 0 Å². The Hall–Kier alpha value is -1.36. The van der Waals surface area contributed by atoms with Crippen molar-refractivity contribution in [2.24, 2.45) is 0 Å². The predicted octanol–water partition coefficient (Wildman–Crippen LogP) is 4.93. The minimum atomic E-state index is -0.0207. The molecule has 122 valence electrons. The van der Waals surface area contributed by atoms with E-state index in [9.17, 15) is 4.79 Å². The topological polar surface area (TPSA) is 32.3 Å². The number of anilines is 2. The molecule has 0 aliphatic rings. The first-order valence-corrected chi connectivity index (χ1v) is 8.95. The molecule has 3 nitrogen and oxygen atoms in total. The van der Waals surface area contributed by atoms with Crippen molar-refractivity contribution in [1.29, 1.82) is 0 Å². The zero-order valence-electron chi connectivity index (χ0n) is 13.0. The third-order valence-corrected chi connectivity index (χ3v) is 4.90. The number of carbonyl (C=O) groups excluding carboxylic acids is 1. The Labute approximate surface area is 151 Å². The molecule has 0 aliphatic carbocycles. The van der Waals surface area contributed by atoms with Crippen LogP contribution in [0.3, 0.4) is 0 Å². The standard InChI is InChI=1S/C17H18Cl2N2OS/c1-21(2)14-6-4-13(5-7-14)20-17(22)11-23-10-12-3-8-15(18)16(19)9-12/h3-9H,10-11H2,1-2H3,(H,20,22). The van der Waals surface area contributed by atoms with Crippen molar-refractivity contribution in [2.75, 3.05) is 30.1 Å². The Morgan fingerprint density at radius 1 is 1.09 bits per heavy atom. The molecule has 2 rings (SSSR count). The lowest BCUT2D eigenvalue weighted by atomic mass is 10.2. The molecule has 0 radical (unpaired) electrons. The summed E-state index contributed by atoms with van der Waals surface area (Å²) in [4.78, 5) is 14.0. The summed E-state index contributed by atoms with van der Waals surface area (Å²) in [6.07, 6.45) is 0. The summed E-state index contributed by atoms with van der Waals surface area (Å²) in [6.45, 7) is 0. The van der Waals surface area contributed by atoms with E-state index in [2.05, 4.69) is 5.32 Å². The number of hydrogen-bond acceptors (Lipinski definition) is 3. The summed E-state index contributed by atoms with van der Waals surface area (Å²) in [7, 11) is 3.96.